The number of nitrogens with zero attached hydrogens (tertiary/aromatic N) is 6. The van der Waals surface area contributed by atoms with Gasteiger partial charge in [0.05, 0.1) is 18.4 Å². The van der Waals surface area contributed by atoms with Gasteiger partial charge in [-0.2, -0.15) is 0 Å². The van der Waals surface area contributed by atoms with Gasteiger partial charge in [0, 0.05) is 49.0 Å². The Hall–Kier alpha value is -5.35. The van der Waals surface area contributed by atoms with Crippen molar-refractivity contribution in [3.8, 4) is 34.1 Å². The number of aromatic nitrogens is 4. The van der Waals surface area contributed by atoms with Crippen molar-refractivity contribution in [2.45, 2.75) is 19.4 Å². The lowest BCUT2D eigenvalue weighted by Gasteiger charge is -2.26. The highest BCUT2D eigenvalue weighted by Crippen LogP contribution is 2.42. The first-order valence-corrected chi connectivity index (χ1v) is 15.5. The number of hydrogen-bond donors (Lipinski definition) is 1. The molecule has 8 rings (SSSR count). The summed E-state index contributed by atoms with van der Waals surface area (Å²) in [7, 11) is 1.46. The van der Waals surface area contributed by atoms with E-state index in [2.05, 4.69) is 55.7 Å². The average Bonchev–Trinajstić information content (AvgIpc) is 3.80. The molecule has 0 aliphatic carbocycles. The predicted molar refractivity (Wildman–Crippen MR) is 179 cm³/mol. The van der Waals surface area contributed by atoms with Crippen LogP contribution in [-0.2, 0) is 6.54 Å². The van der Waals surface area contributed by atoms with Crippen LogP contribution in [-0.4, -0.2) is 57.7 Å². The van der Waals surface area contributed by atoms with Crippen molar-refractivity contribution < 1.29 is 4.74 Å². The van der Waals surface area contributed by atoms with E-state index in [0.717, 1.165) is 79.2 Å². The van der Waals surface area contributed by atoms with Crippen LogP contribution in [0.5, 0.6) is 5.75 Å². The number of fused-ring (bicyclic) bond motifs is 1. The fourth-order valence-corrected chi connectivity index (χ4v) is 7.22. The normalized spacial score (nSPS) is 18.3. The van der Waals surface area contributed by atoms with Crippen molar-refractivity contribution in [3.05, 3.63) is 111 Å². The molecule has 230 valence electrons. The smallest absolute Gasteiger partial charge is 0.272 e. The molecule has 3 aromatic heterocycles. The second kappa shape index (κ2) is 10.9. The Labute approximate surface area is 265 Å². The molecule has 10 nitrogen and oxygen atoms in total. The van der Waals surface area contributed by atoms with Crippen molar-refractivity contribution in [1.82, 2.24) is 24.4 Å². The third kappa shape index (κ3) is 4.64. The second-order valence-electron chi connectivity index (χ2n) is 12.5. The van der Waals surface area contributed by atoms with Crippen LogP contribution in [0.4, 0.5) is 11.5 Å². The number of hydrogen-bond acceptors (Lipinski definition) is 9. The average molecular weight is 612 g/mol. The van der Waals surface area contributed by atoms with Gasteiger partial charge in [-0.1, -0.05) is 42.5 Å². The van der Waals surface area contributed by atoms with Crippen molar-refractivity contribution >= 4 is 22.7 Å². The molecule has 10 heteroatoms. The highest BCUT2D eigenvalue weighted by atomic mass is 16.5. The molecule has 2 N–H and O–H groups in total. The van der Waals surface area contributed by atoms with Crippen LogP contribution in [0.3, 0.4) is 0 Å². The number of pyridine rings is 2. The SMILES string of the molecule is COc1c(N2CC[C@@]3(CCN(Cc4ccc(-n5c(-c6cccnc6N)nc6ccc(-c7ccccc7)nc65)cc4)C3)C2)c(=O)c1=O. The number of methoxy groups -OCH3 is 1. The van der Waals surface area contributed by atoms with E-state index < -0.39 is 10.9 Å². The molecule has 2 aliphatic rings. The van der Waals surface area contributed by atoms with Crippen LogP contribution in [0.1, 0.15) is 18.4 Å². The molecule has 46 heavy (non-hydrogen) atoms. The zero-order valence-corrected chi connectivity index (χ0v) is 25.5. The Kier molecular flexibility index (Phi) is 6.68. The van der Waals surface area contributed by atoms with E-state index in [1.54, 1.807) is 6.20 Å². The van der Waals surface area contributed by atoms with Crippen molar-refractivity contribution in [1.29, 1.82) is 0 Å². The highest BCUT2D eigenvalue weighted by Gasteiger charge is 2.45. The highest BCUT2D eigenvalue weighted by molar-refractivity contribution is 5.84. The van der Waals surface area contributed by atoms with E-state index in [0.29, 0.717) is 17.3 Å². The van der Waals surface area contributed by atoms with Crippen LogP contribution in [0.15, 0.2) is 94.6 Å². The number of anilines is 2. The van der Waals surface area contributed by atoms with Gasteiger partial charge < -0.3 is 15.4 Å². The van der Waals surface area contributed by atoms with E-state index in [9.17, 15) is 9.59 Å². The van der Waals surface area contributed by atoms with E-state index in [-0.39, 0.29) is 11.2 Å². The molecule has 5 heterocycles. The molecular weight excluding hydrogens is 578 g/mol. The first kappa shape index (κ1) is 28.1. The van der Waals surface area contributed by atoms with Crippen LogP contribution in [0, 0.1) is 5.41 Å². The predicted octanol–water partition coefficient (Wildman–Crippen LogP) is 4.44. The van der Waals surface area contributed by atoms with Crippen LogP contribution in [0.2, 0.25) is 0 Å². The summed E-state index contributed by atoms with van der Waals surface area (Å²) >= 11 is 0. The quantitative estimate of drug-likeness (QED) is 0.261. The van der Waals surface area contributed by atoms with Gasteiger partial charge >= 0.3 is 0 Å². The first-order valence-electron chi connectivity index (χ1n) is 15.5. The Bertz CT molecular complexity index is 2150. The lowest BCUT2D eigenvalue weighted by Crippen LogP contribution is -2.41. The molecule has 2 saturated heterocycles. The minimum atomic E-state index is -0.512. The molecule has 0 unspecified atom stereocenters. The van der Waals surface area contributed by atoms with Crippen LogP contribution < -0.4 is 26.2 Å². The lowest BCUT2D eigenvalue weighted by atomic mass is 9.86. The Balaban J connectivity index is 1.06. The summed E-state index contributed by atoms with van der Waals surface area (Å²) in [6.07, 6.45) is 3.74. The van der Waals surface area contributed by atoms with Gasteiger partial charge in [0.2, 0.25) is 0 Å². The summed E-state index contributed by atoms with van der Waals surface area (Å²) in [4.78, 5) is 43.0. The molecule has 0 saturated carbocycles. The van der Waals surface area contributed by atoms with E-state index >= 15 is 0 Å². The van der Waals surface area contributed by atoms with Crippen molar-refractivity contribution in [2.75, 3.05) is 43.9 Å². The standard InChI is InChI=1S/C36H33N7O3/c1-46-32-29(30(44)31(32)45)42-19-16-36(22-42)15-18-41(21-36)20-23-9-11-25(12-10-23)43-34(26-8-5-17-38-33(26)37)40-28-14-13-27(39-35(28)43)24-6-3-2-4-7-24/h2-14,17H,15-16,18-22H2,1H3,(H2,37,38)/t36-/m1/s1. The van der Waals surface area contributed by atoms with Gasteiger partial charge in [-0.3, -0.25) is 19.1 Å². The first-order chi connectivity index (χ1) is 22.4. The second-order valence-corrected chi connectivity index (χ2v) is 12.5. The maximum absolute atomic E-state index is 12.3. The van der Waals surface area contributed by atoms with Gasteiger partial charge in [0.1, 0.15) is 17.0 Å². The molecule has 1 atom stereocenters. The van der Waals surface area contributed by atoms with E-state index in [4.69, 9.17) is 20.4 Å². The molecular formula is C36H33N7O3. The van der Waals surface area contributed by atoms with Gasteiger partial charge in [-0.25, -0.2) is 15.0 Å². The van der Waals surface area contributed by atoms with Crippen molar-refractivity contribution in [2.24, 2.45) is 5.41 Å². The molecule has 3 aromatic carbocycles. The minimum absolute atomic E-state index is 0.112. The van der Waals surface area contributed by atoms with E-state index in [1.807, 2.05) is 42.5 Å². The number of likely N-dealkylation sites (tertiary alicyclic amines) is 1. The number of rotatable bonds is 7. The molecule has 2 aliphatic heterocycles. The van der Waals surface area contributed by atoms with Crippen LogP contribution >= 0.6 is 0 Å². The number of ether oxygens (including phenoxy) is 1. The van der Waals surface area contributed by atoms with Crippen molar-refractivity contribution in [3.63, 3.8) is 0 Å². The molecule has 6 aromatic rings. The van der Waals surface area contributed by atoms with Gasteiger partial charge in [-0.15, -0.1) is 0 Å². The van der Waals surface area contributed by atoms with Gasteiger partial charge in [0.25, 0.3) is 10.9 Å². The molecule has 0 bridgehead atoms. The molecule has 0 radical (unpaired) electrons. The Morgan fingerprint density at radius 2 is 1.67 bits per heavy atom. The number of nitrogen functional groups attached to an aromatic ring is 1. The molecule has 0 amide bonds. The minimum Gasteiger partial charge on any atom is -0.491 e. The third-order valence-electron chi connectivity index (χ3n) is 9.57. The summed E-state index contributed by atoms with van der Waals surface area (Å²) in [6.45, 7) is 4.31. The Morgan fingerprint density at radius 1 is 0.870 bits per heavy atom. The largest absolute Gasteiger partial charge is 0.491 e. The van der Waals surface area contributed by atoms with E-state index in [1.165, 1.54) is 12.7 Å². The summed E-state index contributed by atoms with van der Waals surface area (Å²) in [6, 6.07) is 26.5. The maximum atomic E-state index is 12.3. The fourth-order valence-electron chi connectivity index (χ4n) is 7.22. The Morgan fingerprint density at radius 3 is 2.46 bits per heavy atom. The monoisotopic (exact) mass is 611 g/mol. The zero-order chi connectivity index (χ0) is 31.4. The third-order valence-corrected chi connectivity index (χ3v) is 9.57. The maximum Gasteiger partial charge on any atom is 0.272 e. The zero-order valence-electron chi connectivity index (χ0n) is 25.5. The van der Waals surface area contributed by atoms with Gasteiger partial charge in [0.15, 0.2) is 17.2 Å². The summed E-state index contributed by atoms with van der Waals surface area (Å²) < 4.78 is 7.27. The van der Waals surface area contributed by atoms with Crippen LogP contribution in [0.25, 0.3) is 39.5 Å². The molecule has 1 spiro atoms. The summed E-state index contributed by atoms with van der Waals surface area (Å²) in [5, 5.41) is 0. The molecule has 2 fully saturated rings. The number of imidazole rings is 1. The fraction of sp³-hybridized carbons (Fsp3) is 0.250. The summed E-state index contributed by atoms with van der Waals surface area (Å²) in [5.74, 6) is 1.32. The topological polar surface area (TPSA) is 119 Å². The summed E-state index contributed by atoms with van der Waals surface area (Å²) in [5.41, 5.74) is 12.3. The van der Waals surface area contributed by atoms with Gasteiger partial charge in [-0.05, 0) is 61.3 Å². The number of benzene rings is 2. The number of nitrogens with two attached hydrogens (primary N) is 1. The lowest BCUT2D eigenvalue weighted by molar-refractivity contribution is 0.270.